The third-order valence-corrected chi connectivity index (χ3v) is 15.0. The van der Waals surface area contributed by atoms with Crippen molar-refractivity contribution in [3.63, 3.8) is 0 Å². The Hall–Kier alpha value is -5.66. The Labute approximate surface area is 351 Å². The van der Waals surface area contributed by atoms with Crippen LogP contribution in [0.1, 0.15) is 106 Å². The molecule has 0 spiro atoms. The van der Waals surface area contributed by atoms with Gasteiger partial charge < -0.3 is 4.90 Å². The zero-order chi connectivity index (χ0) is 39.5. The summed E-state index contributed by atoms with van der Waals surface area (Å²) in [5, 5.41) is 0. The number of anilines is 3. The maximum absolute atomic E-state index is 2.45. The molecule has 3 unspecified atom stereocenters. The first-order valence-corrected chi connectivity index (χ1v) is 22.5. The first-order chi connectivity index (χ1) is 29.0. The van der Waals surface area contributed by atoms with Gasteiger partial charge in [-0.2, -0.15) is 0 Å². The zero-order valence-corrected chi connectivity index (χ0v) is 34.7. The predicted molar refractivity (Wildman–Crippen MR) is 249 cm³/mol. The van der Waals surface area contributed by atoms with Gasteiger partial charge >= 0.3 is 0 Å². The molecular weight excluding hydrogens is 711 g/mol. The van der Waals surface area contributed by atoms with E-state index in [0.717, 1.165) is 35.0 Å². The van der Waals surface area contributed by atoms with Crippen LogP contribution in [0.15, 0.2) is 164 Å². The van der Waals surface area contributed by atoms with E-state index in [2.05, 4.69) is 183 Å². The average molecular weight is 766 g/mol. The van der Waals surface area contributed by atoms with Gasteiger partial charge in [-0.25, -0.2) is 0 Å². The molecular formula is C58H55N. The van der Waals surface area contributed by atoms with Gasteiger partial charge in [0.25, 0.3) is 0 Å². The van der Waals surface area contributed by atoms with Crippen molar-refractivity contribution in [3.8, 4) is 44.5 Å². The molecule has 0 radical (unpaired) electrons. The van der Waals surface area contributed by atoms with E-state index in [1.54, 1.807) is 5.56 Å². The van der Waals surface area contributed by atoms with Gasteiger partial charge in [-0.3, -0.25) is 0 Å². The molecule has 3 atom stereocenters. The van der Waals surface area contributed by atoms with Gasteiger partial charge in [0.15, 0.2) is 0 Å². The molecule has 4 aliphatic carbocycles. The highest BCUT2D eigenvalue weighted by Crippen LogP contribution is 2.53. The minimum absolute atomic E-state index is 0.0795. The van der Waals surface area contributed by atoms with Gasteiger partial charge in [0, 0.05) is 22.5 Å². The van der Waals surface area contributed by atoms with E-state index in [9.17, 15) is 0 Å². The van der Waals surface area contributed by atoms with Crippen molar-refractivity contribution in [1.82, 2.24) is 0 Å². The molecule has 4 aliphatic rings. The fraction of sp³-hybridized carbons (Fsp3) is 0.276. The summed E-state index contributed by atoms with van der Waals surface area (Å²) in [7, 11) is 0. The molecule has 59 heavy (non-hydrogen) atoms. The molecule has 0 aliphatic heterocycles. The van der Waals surface area contributed by atoms with Crippen LogP contribution < -0.4 is 4.90 Å². The Balaban J connectivity index is 0.930. The highest BCUT2D eigenvalue weighted by Gasteiger charge is 2.40. The maximum atomic E-state index is 2.45. The Morgan fingerprint density at radius 1 is 0.424 bits per heavy atom. The number of benzene rings is 7. The Bertz CT molecular complexity index is 2600. The molecule has 3 saturated carbocycles. The molecule has 2 bridgehead atoms. The van der Waals surface area contributed by atoms with Crippen molar-refractivity contribution < 1.29 is 0 Å². The van der Waals surface area contributed by atoms with Crippen LogP contribution in [0.25, 0.3) is 44.5 Å². The number of rotatable bonds is 8. The van der Waals surface area contributed by atoms with Crippen LogP contribution in [-0.4, -0.2) is 0 Å². The number of fused-ring (bicyclic) bond motifs is 5. The third kappa shape index (κ3) is 6.55. The minimum Gasteiger partial charge on any atom is -0.310 e. The number of nitrogens with zero attached hydrogens (tertiary/aromatic N) is 1. The molecule has 292 valence electrons. The smallest absolute Gasteiger partial charge is 0.0465 e. The van der Waals surface area contributed by atoms with Crippen LogP contribution >= 0.6 is 0 Å². The third-order valence-electron chi connectivity index (χ3n) is 15.0. The summed E-state index contributed by atoms with van der Waals surface area (Å²) in [6.45, 7) is 4.75. The van der Waals surface area contributed by atoms with Crippen molar-refractivity contribution in [2.75, 3.05) is 4.90 Å². The molecule has 11 rings (SSSR count). The molecule has 3 fully saturated rings. The Kier molecular flexibility index (Phi) is 9.18. The van der Waals surface area contributed by atoms with Crippen LogP contribution in [0.2, 0.25) is 0 Å². The van der Waals surface area contributed by atoms with E-state index in [1.807, 2.05) is 0 Å². The second-order valence-corrected chi connectivity index (χ2v) is 18.7. The van der Waals surface area contributed by atoms with Gasteiger partial charge in [0.2, 0.25) is 0 Å². The second kappa shape index (κ2) is 14.9. The maximum Gasteiger partial charge on any atom is 0.0465 e. The normalized spacial score (nSPS) is 20.3. The standard InChI is InChI=1S/C58H55N/c1-58(2)56-15-9-8-14-53(56)54-35-34-50(38-57(54)58)59(48-30-26-43(27-31-48)42-20-24-46(25-21-42)55-37-39-16-17-47(55)36-39)49-32-28-45(29-33-49)52-13-7-6-12-51(52)44-22-18-41(19-23-44)40-10-4-3-5-11-40/h6-9,12-15,18-35,38-40,47,55H,3-5,10-11,16-17,36-37H2,1-2H3. The SMILES string of the molecule is CC1(C)c2ccccc2-c2ccc(N(c3ccc(-c4ccc(C5CC6CCC5C6)cc4)cc3)c3ccc(-c4ccccc4-c4ccc(C5CCCCC5)cc4)cc3)cc21. The van der Waals surface area contributed by atoms with Crippen LogP contribution in [0.4, 0.5) is 17.1 Å². The zero-order valence-electron chi connectivity index (χ0n) is 34.7. The average Bonchev–Trinajstić information content (AvgIpc) is 4.00. The van der Waals surface area contributed by atoms with E-state index in [0.29, 0.717) is 0 Å². The fourth-order valence-electron chi connectivity index (χ4n) is 11.8. The summed E-state index contributed by atoms with van der Waals surface area (Å²) in [4.78, 5) is 2.45. The summed E-state index contributed by atoms with van der Waals surface area (Å²) in [5.74, 6) is 3.35. The lowest BCUT2D eigenvalue weighted by Gasteiger charge is -2.28. The molecule has 1 nitrogen and oxygen atoms in total. The van der Waals surface area contributed by atoms with Crippen molar-refractivity contribution in [1.29, 1.82) is 0 Å². The molecule has 7 aromatic carbocycles. The van der Waals surface area contributed by atoms with Crippen molar-refractivity contribution >= 4 is 17.1 Å². The molecule has 0 amide bonds. The Morgan fingerprint density at radius 3 is 1.56 bits per heavy atom. The minimum atomic E-state index is -0.0795. The van der Waals surface area contributed by atoms with Gasteiger partial charge in [0.05, 0.1) is 0 Å². The first-order valence-electron chi connectivity index (χ1n) is 22.5. The molecule has 1 heteroatoms. The van der Waals surface area contributed by atoms with Crippen LogP contribution in [-0.2, 0) is 5.41 Å². The fourth-order valence-corrected chi connectivity index (χ4v) is 11.8. The second-order valence-electron chi connectivity index (χ2n) is 18.7. The highest BCUT2D eigenvalue weighted by molar-refractivity contribution is 5.88. The topological polar surface area (TPSA) is 3.24 Å². The Morgan fingerprint density at radius 2 is 0.949 bits per heavy atom. The first kappa shape index (κ1) is 36.4. The van der Waals surface area contributed by atoms with Gasteiger partial charge in [-0.1, -0.05) is 167 Å². The van der Waals surface area contributed by atoms with E-state index >= 15 is 0 Å². The van der Waals surface area contributed by atoms with E-state index < -0.39 is 0 Å². The van der Waals surface area contributed by atoms with Crippen molar-refractivity contribution in [2.45, 2.75) is 88.9 Å². The van der Waals surface area contributed by atoms with Crippen molar-refractivity contribution in [3.05, 3.63) is 186 Å². The molecule has 0 N–H and O–H groups in total. The van der Waals surface area contributed by atoms with Crippen molar-refractivity contribution in [2.24, 2.45) is 11.8 Å². The largest absolute Gasteiger partial charge is 0.310 e. The van der Waals surface area contributed by atoms with Crippen LogP contribution in [0.3, 0.4) is 0 Å². The van der Waals surface area contributed by atoms with Crippen LogP contribution in [0, 0.1) is 11.8 Å². The van der Waals surface area contributed by atoms with E-state index in [-0.39, 0.29) is 5.41 Å². The van der Waals surface area contributed by atoms with Gasteiger partial charge in [-0.05, 0) is 159 Å². The highest BCUT2D eigenvalue weighted by atomic mass is 15.1. The van der Waals surface area contributed by atoms with E-state index in [1.165, 1.54) is 125 Å². The van der Waals surface area contributed by atoms with Gasteiger partial charge in [0.1, 0.15) is 0 Å². The molecule has 0 heterocycles. The van der Waals surface area contributed by atoms with Crippen LogP contribution in [0.5, 0.6) is 0 Å². The lowest BCUT2D eigenvalue weighted by molar-refractivity contribution is 0.420. The summed E-state index contributed by atoms with van der Waals surface area (Å²) >= 11 is 0. The summed E-state index contributed by atoms with van der Waals surface area (Å²) in [6, 6.07) is 62.5. The number of hydrogen-bond acceptors (Lipinski definition) is 1. The van der Waals surface area contributed by atoms with E-state index in [4.69, 9.17) is 0 Å². The predicted octanol–water partition coefficient (Wildman–Crippen LogP) is 16.4. The lowest BCUT2D eigenvalue weighted by Crippen LogP contribution is -2.16. The quantitative estimate of drug-likeness (QED) is 0.149. The lowest BCUT2D eigenvalue weighted by atomic mass is 9.82. The number of hydrogen-bond donors (Lipinski definition) is 0. The molecule has 7 aromatic rings. The molecule has 0 aromatic heterocycles. The monoisotopic (exact) mass is 765 g/mol. The van der Waals surface area contributed by atoms with Gasteiger partial charge in [-0.15, -0.1) is 0 Å². The summed E-state index contributed by atoms with van der Waals surface area (Å²) in [5.41, 5.74) is 19.6. The summed E-state index contributed by atoms with van der Waals surface area (Å²) in [6.07, 6.45) is 12.5. The summed E-state index contributed by atoms with van der Waals surface area (Å²) < 4.78 is 0. The molecule has 0 saturated heterocycles.